The van der Waals surface area contributed by atoms with Crippen molar-refractivity contribution in [1.82, 2.24) is 0 Å². The van der Waals surface area contributed by atoms with Gasteiger partial charge in [0, 0.05) is 6.07 Å². The van der Waals surface area contributed by atoms with Gasteiger partial charge in [-0.1, -0.05) is 30.3 Å². The zero-order valence-corrected chi connectivity index (χ0v) is 18.7. The van der Waals surface area contributed by atoms with Crippen LogP contribution in [0, 0.1) is 10.1 Å². The summed E-state index contributed by atoms with van der Waals surface area (Å²) in [7, 11) is 1.47. The van der Waals surface area contributed by atoms with E-state index in [1.165, 1.54) is 13.3 Å². The number of hydrogen-bond donors (Lipinski definition) is 1. The van der Waals surface area contributed by atoms with Crippen LogP contribution in [-0.2, 0) is 12.8 Å². The first-order valence-corrected chi connectivity index (χ1v) is 10.2. The molecule has 3 aromatic rings. The lowest BCUT2D eigenvalue weighted by atomic mass is 10.1. The number of benzene rings is 3. The normalized spacial score (nSPS) is 11.4. The number of hydrazone groups is 1. The van der Waals surface area contributed by atoms with E-state index in [2.05, 4.69) is 26.5 Å². The van der Waals surface area contributed by atoms with Crippen LogP contribution in [0.1, 0.15) is 16.7 Å². The minimum absolute atomic E-state index is 0.182. The van der Waals surface area contributed by atoms with Gasteiger partial charge in [0.1, 0.15) is 12.3 Å². The molecule has 0 unspecified atom stereocenters. The fourth-order valence-electron chi connectivity index (χ4n) is 2.81. The quantitative estimate of drug-likeness (QED) is 0.209. The van der Waals surface area contributed by atoms with Crippen molar-refractivity contribution in [3.63, 3.8) is 0 Å². The molecule has 3 rings (SSSR count). The maximum absolute atomic E-state index is 12.8. The Morgan fingerprint density at radius 3 is 2.52 bits per heavy atom. The summed E-state index contributed by atoms with van der Waals surface area (Å²) in [6, 6.07) is 15.0. The molecule has 0 aliphatic rings. The van der Waals surface area contributed by atoms with E-state index >= 15 is 0 Å². The molecule has 172 valence electrons. The Hall–Kier alpha value is -3.60. The molecule has 0 bridgehead atoms. The average molecular weight is 524 g/mol. The fraction of sp³-hybridized carbons (Fsp3) is 0.136. The van der Waals surface area contributed by atoms with Crippen LogP contribution in [0.15, 0.2) is 70.2 Å². The summed E-state index contributed by atoms with van der Waals surface area (Å²) in [4.78, 5) is 10.3. The predicted molar refractivity (Wildman–Crippen MR) is 121 cm³/mol. The third-order valence-corrected chi connectivity index (χ3v) is 4.99. The molecule has 11 heteroatoms. The molecule has 0 amide bonds. The molecule has 1 N–H and O–H groups in total. The topological polar surface area (TPSA) is 86.0 Å². The summed E-state index contributed by atoms with van der Waals surface area (Å²) in [6.45, 7) is 0.322. The first kappa shape index (κ1) is 24.1. The highest BCUT2D eigenvalue weighted by Crippen LogP contribution is 2.37. The Balaban J connectivity index is 1.77. The molecule has 0 spiro atoms. The van der Waals surface area contributed by atoms with Crippen LogP contribution >= 0.6 is 15.9 Å². The highest BCUT2D eigenvalue weighted by molar-refractivity contribution is 9.10. The Bertz CT molecular complexity index is 1170. The number of anilines is 1. The second-order valence-electron chi connectivity index (χ2n) is 6.67. The van der Waals surface area contributed by atoms with Gasteiger partial charge in [-0.3, -0.25) is 15.5 Å². The molecule has 7 nitrogen and oxygen atoms in total. The van der Waals surface area contributed by atoms with Crippen molar-refractivity contribution < 1.29 is 27.6 Å². The predicted octanol–water partition coefficient (Wildman–Crippen LogP) is 6.41. The van der Waals surface area contributed by atoms with Gasteiger partial charge >= 0.3 is 6.18 Å². The molecule has 0 saturated heterocycles. The van der Waals surface area contributed by atoms with E-state index in [-0.39, 0.29) is 5.69 Å². The summed E-state index contributed by atoms with van der Waals surface area (Å²) < 4.78 is 50.3. The van der Waals surface area contributed by atoms with Crippen LogP contribution < -0.4 is 14.9 Å². The van der Waals surface area contributed by atoms with Crippen molar-refractivity contribution in [3.8, 4) is 11.5 Å². The van der Waals surface area contributed by atoms with Crippen molar-refractivity contribution in [2.24, 2.45) is 5.10 Å². The molecule has 0 aliphatic heterocycles. The zero-order chi connectivity index (χ0) is 24.0. The van der Waals surface area contributed by atoms with E-state index in [0.29, 0.717) is 34.2 Å². The third-order valence-electron chi connectivity index (χ3n) is 4.40. The second-order valence-corrected chi connectivity index (χ2v) is 7.52. The minimum Gasteiger partial charge on any atom is -0.493 e. The van der Waals surface area contributed by atoms with Gasteiger partial charge in [0.05, 0.1) is 28.3 Å². The summed E-state index contributed by atoms with van der Waals surface area (Å²) in [5.74, 6) is 0.895. The number of nitro groups is 1. The van der Waals surface area contributed by atoms with Crippen molar-refractivity contribution >= 4 is 33.5 Å². The van der Waals surface area contributed by atoms with Crippen LogP contribution in [0.25, 0.3) is 0 Å². The highest BCUT2D eigenvalue weighted by Gasteiger charge is 2.33. The molecule has 3 aromatic carbocycles. The third kappa shape index (κ3) is 6.22. The summed E-state index contributed by atoms with van der Waals surface area (Å²) in [6.07, 6.45) is -3.35. The van der Waals surface area contributed by atoms with E-state index in [1.807, 2.05) is 30.3 Å². The maximum atomic E-state index is 12.8. The number of nitrogens with one attached hydrogen (secondary N) is 1. The van der Waals surface area contributed by atoms with Gasteiger partial charge in [0.25, 0.3) is 5.69 Å². The smallest absolute Gasteiger partial charge is 0.416 e. The Morgan fingerprint density at radius 1 is 1.15 bits per heavy atom. The molecule has 0 atom stereocenters. The standard InChI is InChI=1S/C22H17BrF3N3O4/c1-32-20-10-15(9-17(23)21(20)33-13-14-5-3-2-4-6-14)12-27-28-18-8-7-16(22(24,25)26)11-19(18)29(30)31/h2-12,28H,13H2,1H3/b27-12-. The van der Waals surface area contributed by atoms with Crippen LogP contribution in [0.4, 0.5) is 24.5 Å². The van der Waals surface area contributed by atoms with Gasteiger partial charge in [0.15, 0.2) is 11.5 Å². The number of alkyl halides is 3. The van der Waals surface area contributed by atoms with Crippen LogP contribution in [0.3, 0.4) is 0 Å². The number of hydrogen-bond acceptors (Lipinski definition) is 6. The minimum atomic E-state index is -4.69. The summed E-state index contributed by atoms with van der Waals surface area (Å²) in [5.41, 5.74) is 1.88. The average Bonchev–Trinajstić information content (AvgIpc) is 2.78. The van der Waals surface area contributed by atoms with Gasteiger partial charge in [-0.15, -0.1) is 0 Å². The fourth-order valence-corrected chi connectivity index (χ4v) is 3.39. The van der Waals surface area contributed by atoms with Gasteiger partial charge in [-0.25, -0.2) is 0 Å². The van der Waals surface area contributed by atoms with Crippen molar-refractivity contribution in [2.75, 3.05) is 12.5 Å². The van der Waals surface area contributed by atoms with E-state index in [9.17, 15) is 23.3 Å². The van der Waals surface area contributed by atoms with Crippen LogP contribution in [0.2, 0.25) is 0 Å². The van der Waals surface area contributed by atoms with E-state index in [1.54, 1.807) is 12.1 Å². The molecule has 0 fully saturated rings. The monoisotopic (exact) mass is 523 g/mol. The lowest BCUT2D eigenvalue weighted by Crippen LogP contribution is -2.06. The lowest BCUT2D eigenvalue weighted by molar-refractivity contribution is -0.384. The maximum Gasteiger partial charge on any atom is 0.416 e. The van der Waals surface area contributed by atoms with Crippen molar-refractivity contribution in [3.05, 3.63) is 91.9 Å². The number of rotatable bonds is 8. The molecule has 0 aromatic heterocycles. The van der Waals surface area contributed by atoms with Gasteiger partial charge < -0.3 is 9.47 Å². The zero-order valence-electron chi connectivity index (χ0n) is 17.1. The molecular formula is C22H17BrF3N3O4. The largest absolute Gasteiger partial charge is 0.493 e. The second kappa shape index (κ2) is 10.3. The van der Waals surface area contributed by atoms with Crippen molar-refractivity contribution in [2.45, 2.75) is 12.8 Å². The van der Waals surface area contributed by atoms with Gasteiger partial charge in [-0.05, 0) is 51.3 Å². The molecule has 0 aliphatic carbocycles. The van der Waals surface area contributed by atoms with E-state index in [4.69, 9.17) is 9.47 Å². The number of halogens is 4. The first-order chi connectivity index (χ1) is 15.7. The Kier molecular flexibility index (Phi) is 7.54. The van der Waals surface area contributed by atoms with Gasteiger partial charge in [0.2, 0.25) is 0 Å². The number of nitrogens with zero attached hydrogens (tertiary/aromatic N) is 2. The summed E-state index contributed by atoms with van der Waals surface area (Å²) >= 11 is 3.42. The first-order valence-electron chi connectivity index (χ1n) is 9.38. The number of nitro benzene ring substituents is 1. The molecule has 0 radical (unpaired) electrons. The highest BCUT2D eigenvalue weighted by atomic mass is 79.9. The lowest BCUT2D eigenvalue weighted by Gasteiger charge is -2.13. The summed E-state index contributed by atoms with van der Waals surface area (Å²) in [5, 5.41) is 15.1. The van der Waals surface area contributed by atoms with E-state index < -0.39 is 22.4 Å². The number of methoxy groups -OCH3 is 1. The van der Waals surface area contributed by atoms with E-state index in [0.717, 1.165) is 17.7 Å². The van der Waals surface area contributed by atoms with Crippen LogP contribution in [0.5, 0.6) is 11.5 Å². The molecule has 33 heavy (non-hydrogen) atoms. The Morgan fingerprint density at radius 2 is 1.88 bits per heavy atom. The number of ether oxygens (including phenoxy) is 2. The van der Waals surface area contributed by atoms with Gasteiger partial charge in [-0.2, -0.15) is 18.3 Å². The Labute approximate surface area is 195 Å². The molecule has 0 saturated carbocycles. The van der Waals surface area contributed by atoms with Crippen molar-refractivity contribution in [1.29, 1.82) is 0 Å². The molecule has 0 heterocycles. The molecular weight excluding hydrogens is 507 g/mol. The SMILES string of the molecule is COc1cc(/C=N\Nc2ccc(C(F)(F)F)cc2[N+](=O)[O-])cc(Br)c1OCc1ccccc1. The van der Waals surface area contributed by atoms with Crippen LogP contribution in [-0.4, -0.2) is 18.2 Å².